The van der Waals surface area contributed by atoms with Gasteiger partial charge in [-0.25, -0.2) is 4.79 Å². The fourth-order valence-electron chi connectivity index (χ4n) is 2.08. The summed E-state index contributed by atoms with van der Waals surface area (Å²) < 4.78 is 4.72. The van der Waals surface area contributed by atoms with Crippen LogP contribution >= 0.6 is 0 Å². The molecule has 0 spiro atoms. The van der Waals surface area contributed by atoms with Crippen LogP contribution in [0.3, 0.4) is 0 Å². The Balaban J connectivity index is 3.01. The van der Waals surface area contributed by atoms with Gasteiger partial charge in [-0.3, -0.25) is 4.90 Å². The van der Waals surface area contributed by atoms with E-state index in [0.717, 1.165) is 5.56 Å². The molecule has 4 nitrogen and oxygen atoms in total. The molecule has 0 fully saturated rings. The van der Waals surface area contributed by atoms with Gasteiger partial charge in [-0.2, -0.15) is 5.26 Å². The van der Waals surface area contributed by atoms with Gasteiger partial charge in [0.25, 0.3) is 0 Å². The number of rotatable bonds is 7. The molecular weight excluding hydrogens is 252 g/mol. The summed E-state index contributed by atoms with van der Waals surface area (Å²) in [5.74, 6) is -0.528. The van der Waals surface area contributed by atoms with Crippen molar-refractivity contribution in [2.75, 3.05) is 13.7 Å². The third-order valence-corrected chi connectivity index (χ3v) is 3.25. The third-order valence-electron chi connectivity index (χ3n) is 3.25. The van der Waals surface area contributed by atoms with E-state index in [9.17, 15) is 10.1 Å². The highest BCUT2D eigenvalue weighted by Gasteiger charge is 2.30. The highest BCUT2D eigenvalue weighted by atomic mass is 16.5. The van der Waals surface area contributed by atoms with Crippen LogP contribution in [-0.2, 0) is 9.53 Å². The molecule has 0 aliphatic heterocycles. The lowest BCUT2D eigenvalue weighted by atomic mass is 10.0. The molecule has 0 aliphatic carbocycles. The number of hydrogen-bond donors (Lipinski definition) is 0. The van der Waals surface area contributed by atoms with E-state index in [0.29, 0.717) is 13.0 Å². The second-order valence-electron chi connectivity index (χ2n) is 4.46. The molecule has 0 bridgehead atoms. The van der Waals surface area contributed by atoms with Crippen LogP contribution in [0.4, 0.5) is 0 Å². The number of nitrogens with zero attached hydrogens (tertiary/aromatic N) is 2. The molecule has 2 atom stereocenters. The molecule has 106 valence electrons. The van der Waals surface area contributed by atoms with Crippen LogP contribution < -0.4 is 0 Å². The lowest BCUT2D eigenvalue weighted by Gasteiger charge is -2.31. The van der Waals surface area contributed by atoms with Crippen molar-refractivity contribution < 1.29 is 9.53 Å². The smallest absolute Gasteiger partial charge is 0.337 e. The van der Waals surface area contributed by atoms with E-state index in [1.165, 1.54) is 7.11 Å². The average molecular weight is 272 g/mol. The van der Waals surface area contributed by atoms with Crippen LogP contribution in [0, 0.1) is 11.3 Å². The molecule has 1 unspecified atom stereocenters. The minimum absolute atomic E-state index is 0.0556. The van der Waals surface area contributed by atoms with Gasteiger partial charge >= 0.3 is 5.97 Å². The molecule has 0 aromatic heterocycles. The molecule has 1 aromatic rings. The Morgan fingerprint density at radius 1 is 1.50 bits per heavy atom. The molecule has 0 N–H and O–H groups in total. The summed E-state index contributed by atoms with van der Waals surface area (Å²) >= 11 is 0. The van der Waals surface area contributed by atoms with Crippen molar-refractivity contribution in [1.29, 1.82) is 5.26 Å². The monoisotopic (exact) mass is 272 g/mol. The average Bonchev–Trinajstić information content (AvgIpc) is 2.51. The normalized spacial score (nSPS) is 13.3. The zero-order valence-corrected chi connectivity index (χ0v) is 12.0. The predicted molar refractivity (Wildman–Crippen MR) is 77.8 cm³/mol. The topological polar surface area (TPSA) is 53.3 Å². The van der Waals surface area contributed by atoms with Gasteiger partial charge in [-0.15, -0.1) is 6.58 Å². The number of methoxy groups -OCH3 is 1. The largest absolute Gasteiger partial charge is 0.467 e. The van der Waals surface area contributed by atoms with Crippen molar-refractivity contribution in [1.82, 2.24) is 4.90 Å². The summed E-state index contributed by atoms with van der Waals surface area (Å²) in [7, 11) is 1.30. The first-order chi connectivity index (χ1) is 9.65. The van der Waals surface area contributed by atoms with Gasteiger partial charge in [0.2, 0.25) is 0 Å². The van der Waals surface area contributed by atoms with Crippen LogP contribution in [0.15, 0.2) is 43.0 Å². The van der Waals surface area contributed by atoms with Crippen LogP contribution in [0.1, 0.15) is 24.9 Å². The molecule has 4 heteroatoms. The van der Waals surface area contributed by atoms with E-state index in [1.807, 2.05) is 48.2 Å². The molecule has 0 heterocycles. The molecule has 0 saturated carbocycles. The zero-order chi connectivity index (χ0) is 15.0. The van der Waals surface area contributed by atoms with Gasteiger partial charge < -0.3 is 4.74 Å². The van der Waals surface area contributed by atoms with Gasteiger partial charge in [0.15, 0.2) is 6.04 Å². The van der Waals surface area contributed by atoms with E-state index in [1.54, 1.807) is 6.08 Å². The van der Waals surface area contributed by atoms with Crippen LogP contribution in [0.5, 0.6) is 0 Å². The maximum Gasteiger partial charge on any atom is 0.337 e. The summed E-state index contributed by atoms with van der Waals surface area (Å²) in [5, 5.41) is 9.27. The lowest BCUT2D eigenvalue weighted by molar-refractivity contribution is -0.145. The summed E-state index contributed by atoms with van der Waals surface area (Å²) in [6, 6.07) is 10.9. The second-order valence-corrected chi connectivity index (χ2v) is 4.46. The Kier molecular flexibility index (Phi) is 6.48. The molecule has 1 aromatic carbocycles. The van der Waals surface area contributed by atoms with Crippen molar-refractivity contribution in [3.63, 3.8) is 0 Å². The number of hydrogen-bond acceptors (Lipinski definition) is 4. The minimum atomic E-state index is -0.907. The van der Waals surface area contributed by atoms with Gasteiger partial charge in [-0.1, -0.05) is 36.4 Å². The van der Waals surface area contributed by atoms with E-state index in [4.69, 9.17) is 4.74 Å². The maximum absolute atomic E-state index is 11.8. The summed E-state index contributed by atoms with van der Waals surface area (Å²) in [6.07, 6.45) is 2.47. The fourth-order valence-corrected chi connectivity index (χ4v) is 2.08. The number of benzene rings is 1. The highest BCUT2D eigenvalue weighted by molar-refractivity contribution is 5.78. The highest BCUT2D eigenvalue weighted by Crippen LogP contribution is 2.23. The van der Waals surface area contributed by atoms with Crippen molar-refractivity contribution in [3.8, 4) is 6.07 Å². The number of nitriles is 1. The summed E-state index contributed by atoms with van der Waals surface area (Å²) in [4.78, 5) is 13.6. The molecule has 20 heavy (non-hydrogen) atoms. The van der Waals surface area contributed by atoms with E-state index >= 15 is 0 Å². The number of carbonyl (C=O) groups excluding carboxylic acids is 1. The van der Waals surface area contributed by atoms with Gasteiger partial charge in [0.1, 0.15) is 0 Å². The Morgan fingerprint density at radius 3 is 2.65 bits per heavy atom. The number of esters is 1. The molecule has 0 amide bonds. The van der Waals surface area contributed by atoms with Gasteiger partial charge in [0, 0.05) is 12.6 Å². The maximum atomic E-state index is 11.8. The van der Waals surface area contributed by atoms with Crippen molar-refractivity contribution >= 4 is 5.97 Å². The van der Waals surface area contributed by atoms with Crippen molar-refractivity contribution in [2.24, 2.45) is 0 Å². The van der Waals surface area contributed by atoms with Crippen LogP contribution in [0.2, 0.25) is 0 Å². The Morgan fingerprint density at radius 2 is 2.15 bits per heavy atom. The Bertz CT molecular complexity index is 479. The second kappa shape index (κ2) is 8.13. The zero-order valence-electron chi connectivity index (χ0n) is 12.0. The lowest BCUT2D eigenvalue weighted by Crippen LogP contribution is -2.42. The summed E-state index contributed by atoms with van der Waals surface area (Å²) in [5.41, 5.74) is 1.06. The predicted octanol–water partition coefficient (Wildman–Crippen LogP) is 2.69. The number of ether oxygens (including phenoxy) is 1. The molecule has 0 radical (unpaired) electrons. The fraction of sp³-hybridized carbons (Fsp3) is 0.375. The SMILES string of the molecule is C=CCCN(C(C#N)C(=O)OC)[C@H](C)c1ccccc1. The first kappa shape index (κ1) is 15.9. The van der Waals surface area contributed by atoms with E-state index in [-0.39, 0.29) is 6.04 Å². The van der Waals surface area contributed by atoms with Crippen LogP contribution in [0.25, 0.3) is 0 Å². The van der Waals surface area contributed by atoms with E-state index < -0.39 is 12.0 Å². The van der Waals surface area contributed by atoms with Gasteiger partial charge in [0.05, 0.1) is 13.2 Å². The minimum Gasteiger partial charge on any atom is -0.467 e. The first-order valence-corrected chi connectivity index (χ1v) is 6.54. The van der Waals surface area contributed by atoms with Gasteiger partial charge in [-0.05, 0) is 18.9 Å². The van der Waals surface area contributed by atoms with Crippen molar-refractivity contribution in [2.45, 2.75) is 25.4 Å². The third kappa shape index (κ3) is 3.94. The molecule has 0 aliphatic rings. The summed E-state index contributed by atoms with van der Waals surface area (Å²) in [6.45, 7) is 6.24. The molecular formula is C16H20N2O2. The Labute approximate surface area is 120 Å². The Hall–Kier alpha value is -2.12. The van der Waals surface area contributed by atoms with E-state index in [2.05, 4.69) is 6.58 Å². The van der Waals surface area contributed by atoms with Crippen LogP contribution in [-0.4, -0.2) is 30.6 Å². The first-order valence-electron chi connectivity index (χ1n) is 6.54. The standard InChI is InChI=1S/C16H20N2O2/c1-4-5-11-18(15(12-17)16(19)20-3)13(2)14-9-7-6-8-10-14/h4,6-10,13,15H,1,5,11H2,2-3H3/t13-,15?/m1/s1. The molecule has 1 rings (SSSR count). The quantitative estimate of drug-likeness (QED) is 0.565. The number of carbonyl (C=O) groups is 1. The van der Waals surface area contributed by atoms with Crippen molar-refractivity contribution in [3.05, 3.63) is 48.6 Å². The molecule has 0 saturated heterocycles.